The van der Waals surface area contributed by atoms with E-state index in [0.717, 1.165) is 85.2 Å². The molecule has 9 rings (SSSR count). The minimum atomic E-state index is 0.423. The van der Waals surface area contributed by atoms with Gasteiger partial charge in [-0.25, -0.2) is 0 Å². The fourth-order valence-electron chi connectivity index (χ4n) is 8.70. The number of hydrogen-bond donors (Lipinski definition) is 0. The first-order chi connectivity index (χ1) is 33.5. The van der Waals surface area contributed by atoms with Crippen LogP contribution in [0.1, 0.15) is 30.2 Å². The van der Waals surface area contributed by atoms with Crippen LogP contribution in [0.2, 0.25) is 0 Å². The van der Waals surface area contributed by atoms with Crippen molar-refractivity contribution in [2.75, 3.05) is 9.80 Å². The van der Waals surface area contributed by atoms with E-state index in [0.29, 0.717) is 5.92 Å². The van der Waals surface area contributed by atoms with Gasteiger partial charge in [-0.3, -0.25) is 0 Å². The summed E-state index contributed by atoms with van der Waals surface area (Å²) in [5, 5.41) is 2.28. The molecule has 1 atom stereocenters. The van der Waals surface area contributed by atoms with Crippen LogP contribution in [0.4, 0.5) is 22.7 Å². The van der Waals surface area contributed by atoms with Crippen LogP contribution in [-0.2, 0) is 0 Å². The smallest absolute Gasteiger partial charge is 0.135 e. The summed E-state index contributed by atoms with van der Waals surface area (Å²) in [4.78, 5) is 6.99. The number of hydrogen-bond acceptors (Lipinski definition) is 4. The molecule has 0 aliphatic heterocycles. The molecule has 2 aromatic heterocycles. The molecule has 3 nitrogen and oxygen atoms in total. The Morgan fingerprint density at radius 1 is 0.662 bits per heavy atom. The second-order valence-corrected chi connectivity index (χ2v) is 17.6. The molecule has 0 N–H and O–H groups in total. The third-order valence-corrected chi connectivity index (χ3v) is 13.4. The summed E-state index contributed by atoms with van der Waals surface area (Å²) < 4.78 is 6.39. The maximum atomic E-state index is 6.39. The van der Waals surface area contributed by atoms with Gasteiger partial charge in [-0.05, 0) is 156 Å². The molecule has 1 aliphatic rings. The zero-order valence-corrected chi connectivity index (χ0v) is 39.2. The number of rotatable bonds is 16. The molecule has 0 radical (unpaired) electrons. The van der Waals surface area contributed by atoms with E-state index < -0.39 is 0 Å². The van der Waals surface area contributed by atoms with E-state index in [4.69, 9.17) is 4.42 Å². The predicted molar refractivity (Wildman–Crippen MR) is 294 cm³/mol. The van der Waals surface area contributed by atoms with Crippen molar-refractivity contribution in [1.82, 2.24) is 0 Å². The largest absolute Gasteiger partial charge is 0.456 e. The highest BCUT2D eigenvalue weighted by Crippen LogP contribution is 2.36. The predicted octanol–water partition coefficient (Wildman–Crippen LogP) is 16.8. The maximum Gasteiger partial charge on any atom is 0.135 e. The van der Waals surface area contributed by atoms with Crippen LogP contribution in [0.3, 0.4) is 0 Å². The Hall–Kier alpha value is -8.18. The topological polar surface area (TPSA) is 19.6 Å². The first-order valence-electron chi connectivity index (χ1n) is 23.1. The van der Waals surface area contributed by atoms with E-state index in [1.54, 1.807) is 6.08 Å². The maximum absolute atomic E-state index is 6.39. The Kier molecular flexibility index (Phi) is 14.2. The third kappa shape index (κ3) is 10.1. The molecule has 0 spiro atoms. The van der Waals surface area contributed by atoms with E-state index >= 15 is 0 Å². The molecule has 8 aromatic rings. The monoisotopic (exact) mass is 898 g/mol. The summed E-state index contributed by atoms with van der Waals surface area (Å²) in [5.74, 6) is 0.423. The van der Waals surface area contributed by atoms with Gasteiger partial charge in [-0.2, -0.15) is 0 Å². The molecule has 1 unspecified atom stereocenters. The Balaban J connectivity index is 0.933. The van der Waals surface area contributed by atoms with Crippen LogP contribution in [0.5, 0.6) is 0 Å². The molecule has 0 saturated heterocycles. The van der Waals surface area contributed by atoms with Crippen LogP contribution in [0.15, 0.2) is 261 Å². The zero-order chi connectivity index (χ0) is 46.7. The van der Waals surface area contributed by atoms with Gasteiger partial charge in [0.1, 0.15) is 11.0 Å². The highest BCUT2D eigenvalue weighted by Gasteiger charge is 2.16. The molecule has 2 heterocycles. The van der Waals surface area contributed by atoms with E-state index in [1.165, 1.54) is 20.9 Å². The fourth-order valence-corrected chi connectivity index (χ4v) is 9.74. The van der Waals surface area contributed by atoms with Crippen molar-refractivity contribution in [3.63, 3.8) is 0 Å². The van der Waals surface area contributed by atoms with Gasteiger partial charge in [0.25, 0.3) is 0 Å². The van der Waals surface area contributed by atoms with Crippen LogP contribution >= 0.6 is 11.3 Å². The van der Waals surface area contributed by atoms with Gasteiger partial charge in [0.15, 0.2) is 0 Å². The molecule has 6 aromatic carbocycles. The number of benzene rings is 6. The van der Waals surface area contributed by atoms with Gasteiger partial charge < -0.3 is 14.2 Å². The lowest BCUT2D eigenvalue weighted by Gasteiger charge is -2.26. The number of nitrogens with zero attached hydrogens (tertiary/aromatic N) is 2. The second kappa shape index (κ2) is 21.4. The van der Waals surface area contributed by atoms with Gasteiger partial charge in [0.05, 0.1) is 0 Å². The van der Waals surface area contributed by atoms with Crippen molar-refractivity contribution in [3.8, 4) is 21.6 Å². The molecule has 0 bridgehead atoms. The van der Waals surface area contributed by atoms with Gasteiger partial charge in [-0.15, -0.1) is 11.3 Å². The van der Waals surface area contributed by atoms with Crippen molar-refractivity contribution in [3.05, 3.63) is 277 Å². The molecular formula is C64H54N2OS. The quantitative estimate of drug-likeness (QED) is 0.0901. The first-order valence-corrected chi connectivity index (χ1v) is 23.9. The summed E-state index contributed by atoms with van der Waals surface area (Å²) in [5.41, 5.74) is 13.8. The SMILES string of the molecule is C=CC=C(C=C)N(c1ccc(C(C=C)=CC=CN(c2ccccc2)c2ccccc2)cc1)c1ccc(-c2ccc3oc(=CC)c(=CCC4C=CC(c5ccc(-c6ccccc6)s5)=CC4)c3c2)cc1. The van der Waals surface area contributed by atoms with Crippen molar-refractivity contribution >= 4 is 68.4 Å². The number of furan rings is 1. The molecule has 1 aliphatic carbocycles. The number of para-hydroxylation sites is 2. The van der Waals surface area contributed by atoms with Crippen LogP contribution < -0.4 is 20.4 Å². The summed E-state index contributed by atoms with van der Waals surface area (Å²) >= 11 is 1.86. The van der Waals surface area contributed by atoms with Crippen molar-refractivity contribution in [1.29, 1.82) is 0 Å². The van der Waals surface area contributed by atoms with Gasteiger partial charge in [0.2, 0.25) is 0 Å². The minimum absolute atomic E-state index is 0.423. The van der Waals surface area contributed by atoms with Crippen LogP contribution in [0.25, 0.3) is 55.8 Å². The third-order valence-electron chi connectivity index (χ3n) is 12.3. The Labute approximate surface area is 405 Å². The Morgan fingerprint density at radius 2 is 1.31 bits per heavy atom. The number of fused-ring (bicyclic) bond motifs is 1. The number of thiophene rings is 1. The highest BCUT2D eigenvalue weighted by molar-refractivity contribution is 7.16. The van der Waals surface area contributed by atoms with E-state index in [1.807, 2.05) is 48.6 Å². The fraction of sp³-hybridized carbons (Fsp3) is 0.0625. The number of allylic oxidation sites excluding steroid dienone is 11. The first kappa shape index (κ1) is 45.0. The molecular weight excluding hydrogens is 845 g/mol. The van der Waals surface area contributed by atoms with Crippen molar-refractivity contribution < 1.29 is 4.42 Å². The van der Waals surface area contributed by atoms with Gasteiger partial charge in [-0.1, -0.05) is 159 Å². The normalized spacial score (nSPS) is 14.6. The second-order valence-electron chi connectivity index (χ2n) is 16.5. The molecule has 0 fully saturated rings. The summed E-state index contributed by atoms with van der Waals surface area (Å²) in [6, 6.07) is 59.6. The Morgan fingerprint density at radius 3 is 1.93 bits per heavy atom. The van der Waals surface area contributed by atoms with Crippen molar-refractivity contribution in [2.24, 2.45) is 5.92 Å². The summed E-state index contributed by atoms with van der Waals surface area (Å²) in [6.07, 6.45) is 27.2. The Bertz CT molecular complexity index is 3290. The van der Waals surface area contributed by atoms with Crippen LogP contribution in [0, 0.1) is 5.92 Å². The average Bonchev–Trinajstić information content (AvgIpc) is 4.05. The average molecular weight is 899 g/mol. The number of anilines is 4. The van der Waals surface area contributed by atoms with E-state index in [2.05, 4.69) is 236 Å². The lowest BCUT2D eigenvalue weighted by atomic mass is 9.93. The molecule has 4 heteroatoms. The highest BCUT2D eigenvalue weighted by atomic mass is 32.1. The van der Waals surface area contributed by atoms with Crippen LogP contribution in [-0.4, -0.2) is 0 Å². The lowest BCUT2D eigenvalue weighted by molar-refractivity contribution is 0.574. The molecule has 0 amide bonds. The van der Waals surface area contributed by atoms with E-state index in [-0.39, 0.29) is 0 Å². The summed E-state index contributed by atoms with van der Waals surface area (Å²) in [6.45, 7) is 14.4. The zero-order valence-electron chi connectivity index (χ0n) is 38.4. The molecule has 68 heavy (non-hydrogen) atoms. The van der Waals surface area contributed by atoms with Gasteiger partial charge >= 0.3 is 0 Å². The molecule has 0 saturated carbocycles. The minimum Gasteiger partial charge on any atom is -0.456 e. The van der Waals surface area contributed by atoms with Gasteiger partial charge in [0, 0.05) is 55.0 Å². The van der Waals surface area contributed by atoms with Crippen molar-refractivity contribution in [2.45, 2.75) is 19.8 Å². The molecule has 332 valence electrons. The standard InChI is InChI=1S/C64H54N2OS/c1-5-19-54(7-3)66(57-37-32-49(33-38-57)48(6-2)22-18-45-65(55-23-14-10-15-24-55)56-25-16-11-17-26-56)58-39-34-50(35-40-58)53-36-42-62-60(46-53)59(61(8-4)67-62)41-29-47-27-30-52(31-28-47)64-44-43-63(68-64)51-20-12-9-13-21-51/h5-27,30-47H,1-3,28-29H2,4H3. The van der Waals surface area contributed by atoms with E-state index in [9.17, 15) is 0 Å². The summed E-state index contributed by atoms with van der Waals surface area (Å²) in [7, 11) is 0. The lowest BCUT2D eigenvalue weighted by Crippen LogP contribution is -2.20.